The summed E-state index contributed by atoms with van der Waals surface area (Å²) in [5.41, 5.74) is 29.9. The largest absolute Gasteiger partial charge is 0.311 e. The second-order valence-corrected chi connectivity index (χ2v) is 28.1. The second-order valence-electron chi connectivity index (χ2n) is 28.1. The topological polar surface area (TPSA) is 11.4 Å². The van der Waals surface area contributed by atoms with E-state index in [2.05, 4.69) is 326 Å². The Bertz CT molecular complexity index is 4560. The first-order chi connectivity index (χ1) is 41.4. The van der Waals surface area contributed by atoms with Crippen LogP contribution in [-0.2, 0) is 21.7 Å². The molecular weight excluding hydrogens is 1040 g/mol. The Morgan fingerprint density at radius 1 is 0.326 bits per heavy atom. The number of hydrogen-bond acceptors (Lipinski definition) is 2. The van der Waals surface area contributed by atoms with Crippen LogP contribution < -0.4 is 26.2 Å². The average molecular weight is 1110 g/mol. The van der Waals surface area contributed by atoms with Gasteiger partial charge in [0.1, 0.15) is 0 Å². The molecule has 1 aliphatic carbocycles. The van der Waals surface area contributed by atoms with Crippen molar-refractivity contribution < 1.29 is 0 Å². The molecule has 0 atom stereocenters. The monoisotopic (exact) mass is 1110 g/mol. The normalized spacial score (nSPS) is 14.9. The quantitative estimate of drug-likeness (QED) is 0.147. The van der Waals surface area contributed by atoms with Gasteiger partial charge in [-0.2, -0.15) is 0 Å². The molecular formula is C82H74BN3. The Morgan fingerprint density at radius 2 is 0.721 bits per heavy atom. The van der Waals surface area contributed by atoms with Gasteiger partial charge in [-0.3, -0.25) is 0 Å². The van der Waals surface area contributed by atoms with E-state index in [9.17, 15) is 0 Å². The molecule has 4 heteroatoms. The summed E-state index contributed by atoms with van der Waals surface area (Å²) in [5.74, 6) is 0. The molecule has 0 saturated heterocycles. The number of nitrogens with zero attached hydrogens (tertiary/aromatic N) is 3. The van der Waals surface area contributed by atoms with Gasteiger partial charge in [0.2, 0.25) is 0 Å². The molecule has 12 aromatic rings. The van der Waals surface area contributed by atoms with Crippen molar-refractivity contribution in [1.82, 2.24) is 4.57 Å². The molecule has 0 bridgehead atoms. The third kappa shape index (κ3) is 8.85. The van der Waals surface area contributed by atoms with Crippen molar-refractivity contribution in [2.24, 2.45) is 0 Å². The minimum Gasteiger partial charge on any atom is -0.311 e. The Kier molecular flexibility index (Phi) is 12.3. The van der Waals surface area contributed by atoms with E-state index >= 15 is 0 Å². The molecule has 3 heterocycles. The predicted molar refractivity (Wildman–Crippen MR) is 369 cm³/mol. The van der Waals surface area contributed by atoms with Crippen molar-refractivity contribution in [2.45, 2.75) is 104 Å². The SMILES string of the molecule is CC(C)(C)c1cc(-c2ccc(N3c4cc(-c5ccccc5)ccc4B4c5ccc(-c6ccccc6)cc5N(c5ccc(-c6ccc7c(c6)C(C)(C)CCC7(C)C)cc5)c5cc(-n6c7ccccc7c7ccccc76)cc3c54)cc2)cc(C(C)(C)C)c1. The van der Waals surface area contributed by atoms with E-state index in [1.54, 1.807) is 0 Å². The van der Waals surface area contributed by atoms with Crippen LogP contribution >= 0.6 is 0 Å². The summed E-state index contributed by atoms with van der Waals surface area (Å²) < 4.78 is 2.51. The lowest BCUT2D eigenvalue weighted by Gasteiger charge is -2.44. The Labute approximate surface area is 509 Å². The zero-order valence-electron chi connectivity index (χ0n) is 51.4. The molecule has 15 rings (SSSR count). The summed E-state index contributed by atoms with van der Waals surface area (Å²) in [6.07, 6.45) is 2.38. The molecule has 0 amide bonds. The zero-order valence-corrected chi connectivity index (χ0v) is 51.4. The van der Waals surface area contributed by atoms with Gasteiger partial charge in [0.15, 0.2) is 0 Å². The van der Waals surface area contributed by atoms with Crippen LogP contribution in [0.2, 0.25) is 0 Å². The van der Waals surface area contributed by atoms with Crippen molar-refractivity contribution >= 4 is 79.0 Å². The van der Waals surface area contributed by atoms with E-state index in [0.717, 1.165) is 17.1 Å². The van der Waals surface area contributed by atoms with Crippen LogP contribution in [0.4, 0.5) is 34.1 Å². The lowest BCUT2D eigenvalue weighted by atomic mass is 9.33. The standard InChI is InChI=1S/C82H74BN3/c1-79(2,3)61-45-60(46-62(50-61)80(4,5)6)56-31-38-64(39-32-56)85-75-49-59(54-23-15-12-16-24-54)35-42-71(75)83-70-41-34-58(53-21-13-11-14-22-53)48-74(70)84(63-36-29-55(30-37-63)57-33-40-68-69(47-57)82(9,10)44-43-81(68,7)8)76-51-65(52-77(85)78(76)83)86-72-27-19-17-25-66(72)67-26-18-20-28-73(67)86/h11-42,45-52H,43-44H2,1-10H3. The lowest BCUT2D eigenvalue weighted by molar-refractivity contribution is 0.332. The molecule has 3 aliphatic rings. The van der Waals surface area contributed by atoms with Gasteiger partial charge < -0.3 is 14.4 Å². The maximum absolute atomic E-state index is 2.59. The molecule has 11 aromatic carbocycles. The summed E-state index contributed by atoms with van der Waals surface area (Å²) in [4.78, 5) is 5.18. The van der Waals surface area contributed by atoms with E-state index in [1.807, 2.05) is 0 Å². The smallest absolute Gasteiger partial charge is 0.252 e. The van der Waals surface area contributed by atoms with Gasteiger partial charge in [-0.1, -0.05) is 251 Å². The Balaban J connectivity index is 1.00. The molecule has 0 spiro atoms. The van der Waals surface area contributed by atoms with Gasteiger partial charge in [-0.05, 0) is 178 Å². The summed E-state index contributed by atoms with van der Waals surface area (Å²) in [5, 5.41) is 2.48. The molecule has 1 aromatic heterocycles. The fraction of sp³-hybridized carbons (Fsp3) is 0.195. The van der Waals surface area contributed by atoms with Crippen molar-refractivity contribution in [3.8, 4) is 50.2 Å². The highest BCUT2D eigenvalue weighted by atomic mass is 15.2. The number of fused-ring (bicyclic) bond motifs is 8. The third-order valence-corrected chi connectivity index (χ3v) is 19.5. The molecule has 420 valence electrons. The number of anilines is 6. The number of rotatable bonds is 7. The minimum absolute atomic E-state index is 0.00485. The van der Waals surface area contributed by atoms with Crippen molar-refractivity contribution in [3.05, 3.63) is 265 Å². The number of para-hydroxylation sites is 2. The molecule has 0 radical (unpaired) electrons. The first-order valence-corrected chi connectivity index (χ1v) is 31.1. The number of hydrogen-bond donors (Lipinski definition) is 0. The molecule has 0 N–H and O–H groups in total. The second kappa shape index (κ2) is 19.7. The zero-order chi connectivity index (χ0) is 59.0. The average Bonchev–Trinajstić information content (AvgIpc) is 0.805. The molecule has 2 aliphatic heterocycles. The highest BCUT2D eigenvalue weighted by Crippen LogP contribution is 2.50. The summed E-state index contributed by atoms with van der Waals surface area (Å²) in [6, 6.07) is 92.7. The summed E-state index contributed by atoms with van der Waals surface area (Å²) >= 11 is 0. The van der Waals surface area contributed by atoms with Gasteiger partial charge in [0, 0.05) is 44.9 Å². The summed E-state index contributed by atoms with van der Waals surface area (Å²) in [7, 11) is 0. The summed E-state index contributed by atoms with van der Waals surface area (Å²) in [6.45, 7) is 23.6. The highest BCUT2D eigenvalue weighted by Gasteiger charge is 2.45. The molecule has 0 fully saturated rings. The van der Waals surface area contributed by atoms with Crippen LogP contribution in [-0.4, -0.2) is 11.3 Å². The maximum Gasteiger partial charge on any atom is 0.252 e. The van der Waals surface area contributed by atoms with E-state index in [0.29, 0.717) is 0 Å². The Hall–Kier alpha value is -9.12. The van der Waals surface area contributed by atoms with Crippen LogP contribution in [0.5, 0.6) is 0 Å². The Morgan fingerprint density at radius 3 is 1.20 bits per heavy atom. The van der Waals surface area contributed by atoms with E-state index in [-0.39, 0.29) is 28.4 Å². The van der Waals surface area contributed by atoms with Gasteiger partial charge >= 0.3 is 0 Å². The van der Waals surface area contributed by atoms with Crippen LogP contribution in [0.3, 0.4) is 0 Å². The van der Waals surface area contributed by atoms with E-state index < -0.39 is 0 Å². The fourth-order valence-corrected chi connectivity index (χ4v) is 14.5. The van der Waals surface area contributed by atoms with Crippen molar-refractivity contribution in [1.29, 1.82) is 0 Å². The molecule has 0 unspecified atom stereocenters. The van der Waals surface area contributed by atoms with Gasteiger partial charge in [-0.25, -0.2) is 0 Å². The number of benzene rings is 11. The van der Waals surface area contributed by atoms with Crippen LogP contribution in [0.15, 0.2) is 243 Å². The van der Waals surface area contributed by atoms with Gasteiger partial charge in [0.25, 0.3) is 6.71 Å². The van der Waals surface area contributed by atoms with Crippen molar-refractivity contribution in [2.75, 3.05) is 9.80 Å². The molecule has 86 heavy (non-hydrogen) atoms. The van der Waals surface area contributed by atoms with Crippen LogP contribution in [0.25, 0.3) is 72.0 Å². The highest BCUT2D eigenvalue weighted by molar-refractivity contribution is 7.00. The van der Waals surface area contributed by atoms with E-state index in [1.165, 1.54) is 141 Å². The first kappa shape index (κ1) is 53.6. The lowest BCUT2D eigenvalue weighted by Crippen LogP contribution is -2.61. The fourth-order valence-electron chi connectivity index (χ4n) is 14.5. The van der Waals surface area contributed by atoms with Gasteiger partial charge in [0.05, 0.1) is 16.7 Å². The first-order valence-electron chi connectivity index (χ1n) is 31.1. The van der Waals surface area contributed by atoms with E-state index in [4.69, 9.17) is 0 Å². The number of aromatic nitrogens is 1. The molecule has 0 saturated carbocycles. The minimum atomic E-state index is -0.0862. The van der Waals surface area contributed by atoms with Crippen molar-refractivity contribution in [3.63, 3.8) is 0 Å². The van der Waals surface area contributed by atoms with Crippen LogP contribution in [0.1, 0.15) is 104 Å². The third-order valence-electron chi connectivity index (χ3n) is 19.5. The molecule has 3 nitrogen and oxygen atoms in total. The maximum atomic E-state index is 2.59. The predicted octanol–water partition coefficient (Wildman–Crippen LogP) is 20.5. The van der Waals surface area contributed by atoms with Crippen LogP contribution in [0, 0.1) is 0 Å². The van der Waals surface area contributed by atoms with Gasteiger partial charge in [-0.15, -0.1) is 0 Å².